The van der Waals surface area contributed by atoms with Gasteiger partial charge in [-0.25, -0.2) is 0 Å². The largest absolute Gasteiger partial charge is 0.479 e. The van der Waals surface area contributed by atoms with Gasteiger partial charge in [0.25, 0.3) is 0 Å². The molecule has 1 amide bonds. The Morgan fingerprint density at radius 2 is 1.95 bits per heavy atom. The highest BCUT2D eigenvalue weighted by Gasteiger charge is 2.33. The Labute approximate surface area is 119 Å². The predicted molar refractivity (Wildman–Crippen MR) is 78.2 cm³/mol. The summed E-state index contributed by atoms with van der Waals surface area (Å²) in [5, 5.41) is 11.3. The van der Waals surface area contributed by atoms with Crippen molar-refractivity contribution in [3.05, 3.63) is 24.3 Å². The molecule has 3 N–H and O–H groups in total. The van der Waals surface area contributed by atoms with Gasteiger partial charge in [-0.05, 0) is 37.1 Å². The Morgan fingerprint density at radius 3 is 2.40 bits per heavy atom. The number of hydrogen-bond donors (Lipinski definition) is 2. The molecule has 20 heavy (non-hydrogen) atoms. The average Bonchev–Trinajstić information content (AvgIpc) is 2.49. The van der Waals surface area contributed by atoms with Gasteiger partial charge in [0.15, 0.2) is 6.61 Å². The summed E-state index contributed by atoms with van der Waals surface area (Å²) in [4.78, 5) is 12.3. The van der Waals surface area contributed by atoms with Gasteiger partial charge in [-0.1, -0.05) is 13.8 Å². The molecule has 1 aromatic rings. The van der Waals surface area contributed by atoms with Crippen molar-refractivity contribution in [1.82, 2.24) is 0 Å². The van der Waals surface area contributed by atoms with Crippen molar-refractivity contribution < 1.29 is 9.53 Å². The van der Waals surface area contributed by atoms with Crippen molar-refractivity contribution in [1.29, 1.82) is 5.26 Å². The molecule has 0 aliphatic carbocycles. The zero-order chi connectivity index (χ0) is 15.0. The Hall–Kier alpha value is -2.06. The van der Waals surface area contributed by atoms with Crippen molar-refractivity contribution in [2.45, 2.75) is 26.7 Å². The van der Waals surface area contributed by atoms with E-state index in [0.29, 0.717) is 30.8 Å². The standard InChI is InChI=1S/C15H21N3O2/c1-3-15(4-2,11-17)14(19)18-12-5-7-13(8-6-12)20-10-9-16/h5-8H,3-4,10-11,17H2,1-2H3,(H,18,19). The normalized spacial score (nSPS) is 10.7. The van der Waals surface area contributed by atoms with Crippen LogP contribution < -0.4 is 15.8 Å². The van der Waals surface area contributed by atoms with Crippen LogP contribution in [0.2, 0.25) is 0 Å². The van der Waals surface area contributed by atoms with E-state index in [4.69, 9.17) is 15.7 Å². The van der Waals surface area contributed by atoms with Gasteiger partial charge < -0.3 is 15.8 Å². The monoisotopic (exact) mass is 275 g/mol. The molecule has 5 heteroatoms. The predicted octanol–water partition coefficient (Wildman–Crippen LogP) is 2.29. The summed E-state index contributed by atoms with van der Waals surface area (Å²) in [6.45, 7) is 4.27. The number of nitrogens with two attached hydrogens (primary N) is 1. The third-order valence-electron chi connectivity index (χ3n) is 3.64. The maximum Gasteiger partial charge on any atom is 0.231 e. The lowest BCUT2D eigenvalue weighted by Crippen LogP contribution is -2.41. The van der Waals surface area contributed by atoms with Crippen molar-refractivity contribution in [2.75, 3.05) is 18.5 Å². The third-order valence-corrected chi connectivity index (χ3v) is 3.64. The second-order valence-corrected chi connectivity index (χ2v) is 4.62. The molecule has 0 aliphatic rings. The van der Waals surface area contributed by atoms with Gasteiger partial charge in [0.2, 0.25) is 5.91 Å². The Balaban J connectivity index is 2.73. The number of rotatable bonds is 7. The number of nitrogens with zero attached hydrogens (tertiary/aromatic N) is 1. The van der Waals surface area contributed by atoms with E-state index in [0.717, 1.165) is 0 Å². The SMILES string of the molecule is CCC(CC)(CN)C(=O)Nc1ccc(OCC#N)cc1. The first-order valence-electron chi connectivity index (χ1n) is 6.73. The Bertz CT molecular complexity index is 465. The molecule has 0 saturated heterocycles. The number of nitrogens with one attached hydrogen (secondary N) is 1. The highest BCUT2D eigenvalue weighted by molar-refractivity contribution is 5.95. The van der Waals surface area contributed by atoms with Crippen LogP contribution in [-0.4, -0.2) is 19.1 Å². The summed E-state index contributed by atoms with van der Waals surface area (Å²) in [5.41, 5.74) is 5.93. The summed E-state index contributed by atoms with van der Waals surface area (Å²) < 4.78 is 5.15. The zero-order valence-corrected chi connectivity index (χ0v) is 12.0. The van der Waals surface area contributed by atoms with E-state index in [1.807, 2.05) is 19.9 Å². The second-order valence-electron chi connectivity index (χ2n) is 4.62. The molecule has 0 bridgehead atoms. The molecule has 0 atom stereocenters. The summed E-state index contributed by atoms with van der Waals surface area (Å²) in [7, 11) is 0. The summed E-state index contributed by atoms with van der Waals surface area (Å²) in [5.74, 6) is 0.538. The minimum absolute atomic E-state index is 0.00760. The maximum absolute atomic E-state index is 12.3. The quantitative estimate of drug-likeness (QED) is 0.799. The molecule has 0 aromatic heterocycles. The number of anilines is 1. The fraction of sp³-hybridized carbons (Fsp3) is 0.467. The van der Waals surface area contributed by atoms with Crippen LogP contribution in [0.5, 0.6) is 5.75 Å². The van der Waals surface area contributed by atoms with Crippen LogP contribution >= 0.6 is 0 Å². The van der Waals surface area contributed by atoms with Crippen molar-refractivity contribution in [3.63, 3.8) is 0 Å². The van der Waals surface area contributed by atoms with E-state index in [-0.39, 0.29) is 12.5 Å². The molecular weight excluding hydrogens is 254 g/mol. The highest BCUT2D eigenvalue weighted by Crippen LogP contribution is 2.27. The third kappa shape index (κ3) is 3.72. The molecule has 1 rings (SSSR count). The van der Waals surface area contributed by atoms with Crippen molar-refractivity contribution in [3.8, 4) is 11.8 Å². The van der Waals surface area contributed by atoms with Crippen molar-refractivity contribution in [2.24, 2.45) is 11.1 Å². The zero-order valence-electron chi connectivity index (χ0n) is 12.0. The molecule has 0 fully saturated rings. The molecule has 0 heterocycles. The van der Waals surface area contributed by atoms with Gasteiger partial charge in [-0.2, -0.15) is 5.26 Å². The second kappa shape index (κ2) is 7.51. The minimum Gasteiger partial charge on any atom is -0.479 e. The van der Waals surface area contributed by atoms with Gasteiger partial charge in [-0.3, -0.25) is 4.79 Å². The first kappa shape index (κ1) is 16.0. The Morgan fingerprint density at radius 1 is 1.35 bits per heavy atom. The number of amides is 1. The fourth-order valence-corrected chi connectivity index (χ4v) is 1.97. The molecule has 0 spiro atoms. The van der Waals surface area contributed by atoms with E-state index in [1.165, 1.54) is 0 Å². The van der Waals surface area contributed by atoms with Crippen LogP contribution in [0.4, 0.5) is 5.69 Å². The minimum atomic E-state index is -0.518. The van der Waals surface area contributed by atoms with Gasteiger partial charge >= 0.3 is 0 Å². The van der Waals surface area contributed by atoms with Crippen LogP contribution in [-0.2, 0) is 4.79 Å². The maximum atomic E-state index is 12.3. The van der Waals surface area contributed by atoms with Gasteiger partial charge in [0.05, 0.1) is 5.41 Å². The lowest BCUT2D eigenvalue weighted by atomic mass is 9.81. The first-order valence-corrected chi connectivity index (χ1v) is 6.73. The molecule has 0 radical (unpaired) electrons. The number of ether oxygens (including phenoxy) is 1. The molecule has 108 valence electrons. The summed E-state index contributed by atoms with van der Waals surface area (Å²) in [6.07, 6.45) is 1.41. The van der Waals surface area contributed by atoms with Crippen LogP contribution in [0.3, 0.4) is 0 Å². The smallest absolute Gasteiger partial charge is 0.231 e. The van der Waals surface area contributed by atoms with Crippen LogP contribution in [0, 0.1) is 16.7 Å². The van der Waals surface area contributed by atoms with E-state index in [1.54, 1.807) is 24.3 Å². The topological polar surface area (TPSA) is 88.1 Å². The van der Waals surface area contributed by atoms with E-state index < -0.39 is 5.41 Å². The Kier molecular flexibility index (Phi) is 6.01. The molecular formula is C15H21N3O2. The number of hydrogen-bond acceptors (Lipinski definition) is 4. The number of benzene rings is 1. The summed E-state index contributed by atoms with van der Waals surface area (Å²) >= 11 is 0. The number of carbonyl (C=O) groups excluding carboxylic acids is 1. The van der Waals surface area contributed by atoms with E-state index in [9.17, 15) is 4.79 Å². The lowest BCUT2D eigenvalue weighted by molar-refractivity contribution is -0.125. The number of nitriles is 1. The molecule has 5 nitrogen and oxygen atoms in total. The first-order chi connectivity index (χ1) is 9.61. The van der Waals surface area contributed by atoms with Crippen LogP contribution in [0.1, 0.15) is 26.7 Å². The number of carbonyl (C=O) groups is 1. The highest BCUT2D eigenvalue weighted by atomic mass is 16.5. The average molecular weight is 275 g/mol. The summed E-state index contributed by atoms with van der Waals surface area (Å²) in [6, 6.07) is 8.83. The lowest BCUT2D eigenvalue weighted by Gasteiger charge is -2.28. The molecule has 0 aliphatic heterocycles. The van der Waals surface area contributed by atoms with Gasteiger partial charge in [0.1, 0.15) is 11.8 Å². The van der Waals surface area contributed by atoms with E-state index >= 15 is 0 Å². The molecule has 0 unspecified atom stereocenters. The van der Waals surface area contributed by atoms with E-state index in [2.05, 4.69) is 5.32 Å². The molecule has 0 saturated carbocycles. The fourth-order valence-electron chi connectivity index (χ4n) is 1.97. The van der Waals surface area contributed by atoms with Crippen LogP contribution in [0.25, 0.3) is 0 Å². The van der Waals surface area contributed by atoms with Gasteiger partial charge in [-0.15, -0.1) is 0 Å². The van der Waals surface area contributed by atoms with Crippen LogP contribution in [0.15, 0.2) is 24.3 Å². The molecule has 1 aromatic carbocycles. The van der Waals surface area contributed by atoms with Gasteiger partial charge in [0, 0.05) is 12.2 Å². The van der Waals surface area contributed by atoms with Crippen molar-refractivity contribution >= 4 is 11.6 Å².